The molecule has 0 unspecified atom stereocenters. The van der Waals surface area contributed by atoms with Crippen LogP contribution in [0.2, 0.25) is 0 Å². The Morgan fingerprint density at radius 3 is 2.24 bits per heavy atom. The number of hydrogen-bond acceptors (Lipinski definition) is 4. The highest BCUT2D eigenvalue weighted by molar-refractivity contribution is 5.28. The lowest BCUT2D eigenvalue weighted by atomic mass is 9.99. The van der Waals surface area contributed by atoms with E-state index in [1.807, 2.05) is 24.5 Å². The van der Waals surface area contributed by atoms with Crippen LogP contribution in [0.25, 0.3) is 0 Å². The molecule has 2 atom stereocenters. The summed E-state index contributed by atoms with van der Waals surface area (Å²) in [6.07, 6.45) is 6.15. The van der Waals surface area contributed by atoms with E-state index in [1.54, 1.807) is 7.11 Å². The van der Waals surface area contributed by atoms with Crippen LogP contribution < -0.4 is 10.1 Å². The number of ether oxygens (including phenoxy) is 1. The molecule has 0 saturated carbocycles. The lowest BCUT2D eigenvalue weighted by Crippen LogP contribution is -2.44. The third-order valence-electron chi connectivity index (χ3n) is 5.37. The minimum absolute atomic E-state index is 0.361. The third kappa shape index (κ3) is 4.59. The Hall–Kier alpha value is -1.91. The Morgan fingerprint density at radius 1 is 1.00 bits per heavy atom. The Bertz CT molecular complexity index is 636. The molecule has 2 aromatic rings. The second-order valence-corrected chi connectivity index (χ2v) is 6.93. The molecule has 0 spiro atoms. The highest BCUT2D eigenvalue weighted by Gasteiger charge is 2.24. The van der Waals surface area contributed by atoms with Crippen LogP contribution in [0.15, 0.2) is 48.8 Å². The summed E-state index contributed by atoms with van der Waals surface area (Å²) in [5, 5.41) is 3.79. The van der Waals surface area contributed by atoms with Gasteiger partial charge in [-0.25, -0.2) is 0 Å². The monoisotopic (exact) mass is 339 g/mol. The Labute approximate surface area is 151 Å². The van der Waals surface area contributed by atoms with Crippen LogP contribution in [0.5, 0.6) is 5.75 Å². The standard InChI is InChI=1S/C21H29N3O/c1-16(18-4-6-21(25-3)7-5-18)23-20-10-14-24(15-11-20)17(2)19-8-12-22-13-9-19/h4-9,12-13,16-17,20,23H,10-11,14-15H2,1-3H3/t16-,17-/m0/s1. The Kier molecular flexibility index (Phi) is 6.05. The molecule has 1 fully saturated rings. The van der Waals surface area contributed by atoms with Gasteiger partial charge in [-0.05, 0) is 62.1 Å². The molecule has 1 saturated heterocycles. The van der Waals surface area contributed by atoms with Gasteiger partial charge in [0.15, 0.2) is 0 Å². The molecule has 134 valence electrons. The van der Waals surface area contributed by atoms with Gasteiger partial charge in [0.05, 0.1) is 7.11 Å². The molecule has 3 rings (SSSR count). The number of nitrogens with zero attached hydrogens (tertiary/aromatic N) is 2. The number of rotatable bonds is 6. The van der Waals surface area contributed by atoms with Gasteiger partial charge in [0.2, 0.25) is 0 Å². The van der Waals surface area contributed by atoms with Gasteiger partial charge in [0.1, 0.15) is 5.75 Å². The minimum atomic E-state index is 0.361. The van der Waals surface area contributed by atoms with Crippen LogP contribution in [0.3, 0.4) is 0 Å². The smallest absolute Gasteiger partial charge is 0.118 e. The summed E-state index contributed by atoms with van der Waals surface area (Å²) >= 11 is 0. The predicted octanol–water partition coefficient (Wildman–Crippen LogP) is 3.97. The highest BCUT2D eigenvalue weighted by atomic mass is 16.5. The number of pyridine rings is 1. The van der Waals surface area contributed by atoms with E-state index in [2.05, 4.69) is 53.3 Å². The van der Waals surface area contributed by atoms with Crippen molar-refractivity contribution in [1.82, 2.24) is 15.2 Å². The zero-order valence-electron chi connectivity index (χ0n) is 15.5. The summed E-state index contributed by atoms with van der Waals surface area (Å²) in [7, 11) is 1.71. The molecule has 1 aromatic heterocycles. The zero-order valence-corrected chi connectivity index (χ0v) is 15.5. The second-order valence-electron chi connectivity index (χ2n) is 6.93. The molecule has 0 aliphatic carbocycles. The van der Waals surface area contributed by atoms with Gasteiger partial charge in [-0.1, -0.05) is 12.1 Å². The number of methoxy groups -OCH3 is 1. The molecule has 0 radical (unpaired) electrons. The SMILES string of the molecule is COc1ccc([C@H](C)NC2CCN([C@@H](C)c3ccncc3)CC2)cc1. The van der Waals surface area contributed by atoms with Crippen LogP contribution in [0.1, 0.15) is 49.9 Å². The maximum atomic E-state index is 5.24. The maximum Gasteiger partial charge on any atom is 0.118 e. The molecule has 0 bridgehead atoms. The first kappa shape index (κ1) is 17.9. The van der Waals surface area contributed by atoms with Gasteiger partial charge in [0.25, 0.3) is 0 Å². The van der Waals surface area contributed by atoms with E-state index < -0.39 is 0 Å². The maximum absolute atomic E-state index is 5.24. The van der Waals surface area contributed by atoms with Crippen molar-refractivity contribution in [2.45, 2.75) is 44.8 Å². The van der Waals surface area contributed by atoms with E-state index in [-0.39, 0.29) is 0 Å². The zero-order chi connectivity index (χ0) is 17.6. The molecule has 1 aliphatic heterocycles. The van der Waals surface area contributed by atoms with Crippen molar-refractivity contribution < 1.29 is 4.74 Å². The van der Waals surface area contributed by atoms with Crippen molar-refractivity contribution in [3.8, 4) is 5.75 Å². The molecule has 1 N–H and O–H groups in total. The van der Waals surface area contributed by atoms with E-state index in [1.165, 1.54) is 24.0 Å². The van der Waals surface area contributed by atoms with Crippen LogP contribution in [-0.2, 0) is 0 Å². The normalized spacial score (nSPS) is 18.7. The molecule has 1 aromatic carbocycles. The van der Waals surface area contributed by atoms with Gasteiger partial charge < -0.3 is 10.1 Å². The van der Waals surface area contributed by atoms with Crippen molar-refractivity contribution >= 4 is 0 Å². The van der Waals surface area contributed by atoms with Gasteiger partial charge in [-0.3, -0.25) is 9.88 Å². The molecule has 4 nitrogen and oxygen atoms in total. The van der Waals surface area contributed by atoms with Gasteiger partial charge >= 0.3 is 0 Å². The van der Waals surface area contributed by atoms with E-state index >= 15 is 0 Å². The third-order valence-corrected chi connectivity index (χ3v) is 5.37. The highest BCUT2D eigenvalue weighted by Crippen LogP contribution is 2.25. The van der Waals surface area contributed by atoms with E-state index in [0.717, 1.165) is 18.8 Å². The molecule has 25 heavy (non-hydrogen) atoms. The van der Waals surface area contributed by atoms with E-state index in [4.69, 9.17) is 4.74 Å². The average molecular weight is 339 g/mol. The lowest BCUT2D eigenvalue weighted by molar-refractivity contribution is 0.149. The van der Waals surface area contributed by atoms with Crippen LogP contribution >= 0.6 is 0 Å². The number of benzene rings is 1. The Balaban J connectivity index is 1.50. The minimum Gasteiger partial charge on any atom is -0.497 e. The fourth-order valence-electron chi connectivity index (χ4n) is 3.65. The number of likely N-dealkylation sites (tertiary alicyclic amines) is 1. The molecular weight excluding hydrogens is 310 g/mol. The lowest BCUT2D eigenvalue weighted by Gasteiger charge is -2.37. The molecule has 2 heterocycles. The largest absolute Gasteiger partial charge is 0.497 e. The summed E-state index contributed by atoms with van der Waals surface area (Å²) in [6, 6.07) is 14.0. The summed E-state index contributed by atoms with van der Waals surface area (Å²) < 4.78 is 5.24. The Morgan fingerprint density at radius 2 is 1.64 bits per heavy atom. The van der Waals surface area contributed by atoms with Crippen molar-refractivity contribution in [2.24, 2.45) is 0 Å². The van der Waals surface area contributed by atoms with Crippen molar-refractivity contribution in [2.75, 3.05) is 20.2 Å². The van der Waals surface area contributed by atoms with E-state index in [9.17, 15) is 0 Å². The number of aromatic nitrogens is 1. The van der Waals surface area contributed by atoms with Crippen molar-refractivity contribution in [3.63, 3.8) is 0 Å². The first-order valence-corrected chi connectivity index (χ1v) is 9.21. The van der Waals surface area contributed by atoms with Crippen LogP contribution in [0.4, 0.5) is 0 Å². The van der Waals surface area contributed by atoms with Gasteiger partial charge in [-0.15, -0.1) is 0 Å². The summed E-state index contributed by atoms with van der Waals surface area (Å²) in [6.45, 7) is 6.81. The van der Waals surface area contributed by atoms with E-state index in [0.29, 0.717) is 18.1 Å². The topological polar surface area (TPSA) is 37.4 Å². The fraction of sp³-hybridized carbons (Fsp3) is 0.476. The van der Waals surface area contributed by atoms with Crippen molar-refractivity contribution in [3.05, 3.63) is 59.9 Å². The first-order valence-electron chi connectivity index (χ1n) is 9.21. The van der Waals surface area contributed by atoms with Crippen molar-refractivity contribution in [1.29, 1.82) is 0 Å². The van der Waals surface area contributed by atoms with Gasteiger partial charge in [-0.2, -0.15) is 0 Å². The summed E-state index contributed by atoms with van der Waals surface area (Å²) in [5.41, 5.74) is 2.67. The summed E-state index contributed by atoms with van der Waals surface area (Å²) in [5.74, 6) is 0.911. The first-order chi connectivity index (χ1) is 12.2. The molecule has 0 amide bonds. The fourth-order valence-corrected chi connectivity index (χ4v) is 3.65. The van der Waals surface area contributed by atoms with Crippen LogP contribution in [0, 0.1) is 0 Å². The number of piperidine rings is 1. The predicted molar refractivity (Wildman–Crippen MR) is 102 cm³/mol. The molecular formula is C21H29N3O. The number of nitrogens with one attached hydrogen (secondary N) is 1. The molecule has 1 aliphatic rings. The average Bonchev–Trinajstić information content (AvgIpc) is 2.68. The summed E-state index contributed by atoms with van der Waals surface area (Å²) in [4.78, 5) is 6.70. The van der Waals surface area contributed by atoms with Crippen LogP contribution in [-0.4, -0.2) is 36.1 Å². The van der Waals surface area contributed by atoms with Gasteiger partial charge in [0, 0.05) is 43.6 Å². The second kappa shape index (κ2) is 8.45. The molecule has 4 heteroatoms. The quantitative estimate of drug-likeness (QED) is 0.864. The number of hydrogen-bond donors (Lipinski definition) is 1.